The van der Waals surface area contributed by atoms with E-state index in [1.165, 1.54) is 6.92 Å². The first-order chi connectivity index (χ1) is 5.90. The van der Waals surface area contributed by atoms with Crippen molar-refractivity contribution in [3.05, 3.63) is 12.2 Å². The fourth-order valence-electron chi connectivity index (χ4n) is 0.518. The average molecular weight is 387 g/mol. The molecule has 0 aliphatic rings. The van der Waals surface area contributed by atoms with Gasteiger partial charge < -0.3 is 14.6 Å². The molecule has 0 N–H and O–H groups in total. The summed E-state index contributed by atoms with van der Waals surface area (Å²) in [5.74, 6) is -1.35. The molecule has 0 aliphatic heterocycles. The largest absolute Gasteiger partial charge is 1.00 e. The normalized spacial score (nSPS) is 10.6. The Morgan fingerprint density at radius 3 is 2.00 bits per heavy atom. The Bertz CT molecular complexity index is 185. The van der Waals surface area contributed by atoms with Crippen LogP contribution in [0.2, 0.25) is 0 Å². The number of carbonyl (C=O) groups is 2. The fourth-order valence-corrected chi connectivity index (χ4v) is 0.518. The van der Waals surface area contributed by atoms with Gasteiger partial charge >= 0.3 is 33.6 Å². The summed E-state index contributed by atoms with van der Waals surface area (Å²) in [5, 5.41) is 8.89. The van der Waals surface area contributed by atoms with Gasteiger partial charge in [0.15, 0.2) is 0 Å². The number of carboxylic acid groups (broad SMARTS) is 1. The zero-order valence-electron chi connectivity index (χ0n) is 8.99. The summed E-state index contributed by atoms with van der Waals surface area (Å²) in [6.07, 6.45) is 4.32. The predicted octanol–water partition coefficient (Wildman–Crippen LogP) is 0.0710. The summed E-state index contributed by atoms with van der Waals surface area (Å²) in [4.78, 5) is 19.1. The average Bonchev–Trinajstić information content (AvgIpc) is 1.83. The van der Waals surface area contributed by atoms with E-state index in [-0.39, 0.29) is 39.7 Å². The molecule has 0 aromatic rings. The molecular formula is C9H14HgO4. The van der Waals surface area contributed by atoms with Crippen molar-refractivity contribution < 1.29 is 47.1 Å². The van der Waals surface area contributed by atoms with Gasteiger partial charge in [0, 0.05) is 12.9 Å². The van der Waals surface area contributed by atoms with Crippen LogP contribution >= 0.6 is 0 Å². The van der Waals surface area contributed by atoms with Crippen molar-refractivity contribution in [1.29, 1.82) is 0 Å². The van der Waals surface area contributed by atoms with Gasteiger partial charge in [-0.2, -0.15) is 0 Å². The second kappa shape index (κ2) is 12.6. The third-order valence-electron chi connectivity index (χ3n) is 0.744. The van der Waals surface area contributed by atoms with Gasteiger partial charge in [0.2, 0.25) is 0 Å². The number of rotatable bonds is 2. The van der Waals surface area contributed by atoms with Crippen molar-refractivity contribution in [2.24, 2.45) is 0 Å². The van der Waals surface area contributed by atoms with Crippen LogP contribution in [0.25, 0.3) is 0 Å². The topological polar surface area (TPSA) is 66.4 Å². The minimum atomic E-state index is -1.08. The molecule has 0 aromatic heterocycles. The van der Waals surface area contributed by atoms with Crippen molar-refractivity contribution in [3.63, 3.8) is 0 Å². The molecule has 0 saturated heterocycles. The van der Waals surface area contributed by atoms with Crippen LogP contribution in [0.15, 0.2) is 6.08 Å². The van der Waals surface area contributed by atoms with Gasteiger partial charge in [0.1, 0.15) is 6.10 Å². The number of hydrogen-bond acceptors (Lipinski definition) is 4. The van der Waals surface area contributed by atoms with Gasteiger partial charge in [-0.15, -0.1) is 0 Å². The summed E-state index contributed by atoms with van der Waals surface area (Å²) >= 11 is 0. The molecule has 0 saturated carbocycles. The molecule has 5 heteroatoms. The van der Waals surface area contributed by atoms with E-state index in [9.17, 15) is 4.79 Å². The van der Waals surface area contributed by atoms with Crippen molar-refractivity contribution in [2.75, 3.05) is 0 Å². The van der Waals surface area contributed by atoms with Crippen molar-refractivity contribution in [2.45, 2.75) is 33.8 Å². The molecule has 1 atom stereocenters. The van der Waals surface area contributed by atoms with Crippen LogP contribution in [0.4, 0.5) is 0 Å². The zero-order valence-corrected chi connectivity index (χ0v) is 14.5. The minimum absolute atomic E-state index is 0. The van der Waals surface area contributed by atoms with Gasteiger partial charge in [-0.3, -0.25) is 4.79 Å². The quantitative estimate of drug-likeness (QED) is 0.497. The third kappa shape index (κ3) is 29.9. The Hall–Kier alpha value is -0.385. The molecule has 0 rings (SSSR count). The van der Waals surface area contributed by atoms with Crippen molar-refractivity contribution in [3.8, 4) is 0 Å². The molecule has 2 radical (unpaired) electrons. The molecule has 4 nitrogen and oxygen atoms in total. The third-order valence-corrected chi connectivity index (χ3v) is 0.744. The first-order valence-electron chi connectivity index (χ1n) is 3.78. The smallest absolute Gasteiger partial charge is 0.550 e. The van der Waals surface area contributed by atoms with Crippen LogP contribution in [-0.2, 0) is 42.0 Å². The van der Waals surface area contributed by atoms with E-state index >= 15 is 0 Å². The summed E-state index contributed by atoms with van der Waals surface area (Å²) in [6, 6.07) is 0. The maximum Gasteiger partial charge on any atom is 1.00 e. The molecule has 0 aliphatic carbocycles. The van der Waals surface area contributed by atoms with Crippen molar-refractivity contribution in [1.82, 2.24) is 0 Å². The first kappa shape index (κ1) is 19.2. The Morgan fingerprint density at radius 1 is 1.43 bits per heavy atom. The predicted molar refractivity (Wildman–Crippen MR) is 45.4 cm³/mol. The van der Waals surface area contributed by atoms with E-state index in [0.29, 0.717) is 0 Å². The number of hydrogen-bond donors (Lipinski definition) is 0. The Balaban J connectivity index is -0.000000209. The molecule has 0 amide bonds. The number of ether oxygens (including phenoxy) is 1. The second-order valence-corrected chi connectivity index (χ2v) is 2.20. The second-order valence-electron chi connectivity index (χ2n) is 2.20. The molecule has 0 unspecified atom stereocenters. The maximum atomic E-state index is 10.3. The number of esters is 1. The first-order valence-corrected chi connectivity index (χ1v) is 3.78. The Labute approximate surface area is 105 Å². The molecule has 0 fully saturated rings. The van der Waals surface area contributed by atoms with Crippen LogP contribution in [0.1, 0.15) is 27.7 Å². The van der Waals surface area contributed by atoms with Gasteiger partial charge in [-0.25, -0.2) is 0 Å². The summed E-state index contributed by atoms with van der Waals surface area (Å²) in [5.41, 5.74) is 0. The Morgan fingerprint density at radius 2 is 1.79 bits per heavy atom. The summed E-state index contributed by atoms with van der Waals surface area (Å²) in [7, 11) is 0. The number of carbonyl (C=O) groups excluding carboxylic acids is 2. The molecule has 14 heavy (non-hydrogen) atoms. The van der Waals surface area contributed by atoms with Crippen LogP contribution < -0.4 is 5.11 Å². The van der Waals surface area contributed by atoms with Crippen LogP contribution in [0, 0.1) is 6.08 Å². The Kier molecular flexibility index (Phi) is 17.3. The van der Waals surface area contributed by atoms with Crippen LogP contribution in [-0.4, -0.2) is 18.0 Å². The van der Waals surface area contributed by atoms with E-state index in [2.05, 4.69) is 6.08 Å². The van der Waals surface area contributed by atoms with E-state index in [1.807, 2.05) is 6.92 Å². The van der Waals surface area contributed by atoms with Gasteiger partial charge in [0.05, 0.1) is 0 Å². The maximum absolute atomic E-state index is 10.3. The zero-order chi connectivity index (χ0) is 10.9. The van der Waals surface area contributed by atoms with E-state index in [4.69, 9.17) is 14.6 Å². The number of allylic oxidation sites excluding steroid dienone is 1. The summed E-state index contributed by atoms with van der Waals surface area (Å²) in [6.45, 7) is 5.95. The van der Waals surface area contributed by atoms with E-state index < -0.39 is 5.97 Å². The van der Waals surface area contributed by atoms with Crippen LogP contribution in [0.5, 0.6) is 0 Å². The van der Waals surface area contributed by atoms with Gasteiger partial charge in [0.25, 0.3) is 0 Å². The standard InChI is InChI=1S/C7H11O2.C2H4O2.Hg/c1-4-5-6(2)9-7(3)8;1-2(3)4;/h4,6H,1-3H3;1H3,(H,3,4);/q;;+1/p-1/t6-;;/m0../s1. The van der Waals surface area contributed by atoms with Gasteiger partial charge in [-0.05, 0) is 26.8 Å². The SMILES string of the molecule is CC(=O)[O-].CC=[C][C@H](C)OC(C)=O.[Hg+]. The monoisotopic (exact) mass is 388 g/mol. The number of carboxylic acids is 1. The summed E-state index contributed by atoms with van der Waals surface area (Å²) < 4.78 is 4.71. The molecule has 0 bridgehead atoms. The minimum Gasteiger partial charge on any atom is -0.550 e. The molecule has 0 aromatic carbocycles. The fraction of sp³-hybridized carbons (Fsp3) is 0.556. The van der Waals surface area contributed by atoms with E-state index in [1.54, 1.807) is 13.0 Å². The molecule has 0 spiro atoms. The molecule has 0 heterocycles. The molecule has 76 valence electrons. The van der Waals surface area contributed by atoms with E-state index in [0.717, 1.165) is 6.92 Å². The molecular weight excluding hydrogens is 373 g/mol. The van der Waals surface area contributed by atoms with Gasteiger partial charge in [-0.1, -0.05) is 6.08 Å². The number of aliphatic carboxylic acids is 1. The van der Waals surface area contributed by atoms with Crippen molar-refractivity contribution >= 4 is 11.9 Å². The van der Waals surface area contributed by atoms with Crippen LogP contribution in [0.3, 0.4) is 0 Å².